The van der Waals surface area contributed by atoms with Crippen LogP contribution in [-0.2, 0) is 6.42 Å². The molecule has 0 aliphatic carbocycles. The average molecular weight is 408 g/mol. The van der Waals surface area contributed by atoms with Crippen molar-refractivity contribution in [3.63, 3.8) is 0 Å². The zero-order valence-electron chi connectivity index (χ0n) is 18.3. The van der Waals surface area contributed by atoms with Gasteiger partial charge >= 0.3 is 0 Å². The maximum Gasteiger partial charge on any atom is 0.227 e. The molecule has 0 aliphatic heterocycles. The molecule has 0 saturated carbocycles. The van der Waals surface area contributed by atoms with Gasteiger partial charge < -0.3 is 4.42 Å². The summed E-state index contributed by atoms with van der Waals surface area (Å²) in [5.41, 5.74) is 8.60. The third-order valence-electron chi connectivity index (χ3n) is 5.49. The van der Waals surface area contributed by atoms with E-state index in [1.807, 2.05) is 20.0 Å². The van der Waals surface area contributed by atoms with Crippen LogP contribution in [0.3, 0.4) is 0 Å². The van der Waals surface area contributed by atoms with E-state index in [1.165, 1.54) is 5.56 Å². The molecule has 154 valence electrons. The summed E-state index contributed by atoms with van der Waals surface area (Å²) in [6.07, 6.45) is 2.92. The summed E-state index contributed by atoms with van der Waals surface area (Å²) < 4.78 is 6.31. The number of aromatic nitrogens is 3. The highest BCUT2D eigenvalue weighted by molar-refractivity contribution is 6.08. The van der Waals surface area contributed by atoms with Crippen molar-refractivity contribution in [3.8, 4) is 22.5 Å². The minimum Gasteiger partial charge on any atom is -0.437 e. The first-order valence-electron chi connectivity index (χ1n) is 10.7. The standard InChI is InChI=1S/C27H25N3O/c1-16(2)12-19-10-11-28-25(15-19)23-7-5-6-21-22-8-9-24(30-27(22)31-26(21)23)20-13-17(3)29-18(4)14-20/h5-11,13-16H,12H2,1-4H3. The average Bonchev–Trinajstić information content (AvgIpc) is 3.10. The van der Waals surface area contributed by atoms with Crippen LogP contribution in [0.5, 0.6) is 0 Å². The van der Waals surface area contributed by atoms with E-state index in [9.17, 15) is 0 Å². The van der Waals surface area contributed by atoms with E-state index in [0.29, 0.717) is 11.6 Å². The zero-order chi connectivity index (χ0) is 21.5. The predicted octanol–water partition coefficient (Wildman–Crippen LogP) is 6.92. The van der Waals surface area contributed by atoms with Gasteiger partial charge in [-0.1, -0.05) is 26.0 Å². The maximum absolute atomic E-state index is 6.31. The zero-order valence-corrected chi connectivity index (χ0v) is 18.3. The monoisotopic (exact) mass is 407 g/mol. The molecule has 4 heterocycles. The molecule has 0 aliphatic rings. The number of fused-ring (bicyclic) bond motifs is 3. The van der Waals surface area contributed by atoms with Crippen molar-refractivity contribution in [2.75, 3.05) is 0 Å². The Morgan fingerprint density at radius 1 is 0.839 bits per heavy atom. The van der Waals surface area contributed by atoms with Crippen molar-refractivity contribution < 1.29 is 4.42 Å². The second-order valence-corrected chi connectivity index (χ2v) is 8.62. The highest BCUT2D eigenvalue weighted by atomic mass is 16.3. The molecule has 0 spiro atoms. The van der Waals surface area contributed by atoms with Gasteiger partial charge in [0.25, 0.3) is 0 Å². The van der Waals surface area contributed by atoms with Crippen LogP contribution in [0.25, 0.3) is 44.6 Å². The minimum absolute atomic E-state index is 0.598. The van der Waals surface area contributed by atoms with Gasteiger partial charge in [-0.15, -0.1) is 0 Å². The molecule has 4 nitrogen and oxygen atoms in total. The van der Waals surface area contributed by atoms with Gasteiger partial charge in [0.15, 0.2) is 0 Å². The van der Waals surface area contributed by atoms with E-state index < -0.39 is 0 Å². The van der Waals surface area contributed by atoms with Gasteiger partial charge in [0, 0.05) is 39.5 Å². The Hall–Kier alpha value is -3.53. The first-order valence-corrected chi connectivity index (χ1v) is 10.7. The minimum atomic E-state index is 0.598. The van der Waals surface area contributed by atoms with Crippen LogP contribution >= 0.6 is 0 Å². The molecule has 0 N–H and O–H groups in total. The molecule has 0 unspecified atom stereocenters. The molecule has 5 rings (SSSR count). The summed E-state index contributed by atoms with van der Waals surface area (Å²) in [6.45, 7) is 8.47. The second kappa shape index (κ2) is 7.62. The summed E-state index contributed by atoms with van der Waals surface area (Å²) in [5.74, 6) is 0.598. The number of para-hydroxylation sites is 1. The lowest BCUT2D eigenvalue weighted by molar-refractivity contribution is 0.646. The number of rotatable bonds is 4. The summed E-state index contributed by atoms with van der Waals surface area (Å²) in [7, 11) is 0. The Morgan fingerprint density at radius 2 is 1.65 bits per heavy atom. The molecule has 0 amide bonds. The fraction of sp³-hybridized carbons (Fsp3) is 0.222. The van der Waals surface area contributed by atoms with Crippen LogP contribution in [0.4, 0.5) is 0 Å². The summed E-state index contributed by atoms with van der Waals surface area (Å²) in [6, 6.07) is 18.7. The van der Waals surface area contributed by atoms with Crippen molar-refractivity contribution >= 4 is 22.1 Å². The van der Waals surface area contributed by atoms with E-state index in [2.05, 4.69) is 78.4 Å². The Bertz CT molecular complexity index is 1390. The summed E-state index contributed by atoms with van der Waals surface area (Å²) in [5, 5.41) is 2.08. The van der Waals surface area contributed by atoms with Crippen molar-refractivity contribution in [2.24, 2.45) is 5.92 Å². The van der Waals surface area contributed by atoms with Crippen molar-refractivity contribution in [1.82, 2.24) is 15.0 Å². The topological polar surface area (TPSA) is 51.8 Å². The number of hydrogen-bond donors (Lipinski definition) is 0. The number of furan rings is 1. The SMILES string of the molecule is Cc1cc(-c2ccc3c(n2)oc2c(-c4cc(CC(C)C)ccn4)cccc23)cc(C)n1. The summed E-state index contributed by atoms with van der Waals surface area (Å²) in [4.78, 5) is 13.9. The summed E-state index contributed by atoms with van der Waals surface area (Å²) >= 11 is 0. The quantitative estimate of drug-likeness (QED) is 0.324. The van der Waals surface area contributed by atoms with E-state index in [4.69, 9.17) is 9.40 Å². The van der Waals surface area contributed by atoms with Crippen molar-refractivity contribution in [3.05, 3.63) is 77.7 Å². The maximum atomic E-state index is 6.31. The molecular formula is C27H25N3O. The molecule has 1 aromatic carbocycles. The second-order valence-electron chi connectivity index (χ2n) is 8.62. The predicted molar refractivity (Wildman–Crippen MR) is 126 cm³/mol. The van der Waals surface area contributed by atoms with Gasteiger partial charge in [0.05, 0.1) is 11.4 Å². The van der Waals surface area contributed by atoms with Crippen LogP contribution < -0.4 is 0 Å². The van der Waals surface area contributed by atoms with Crippen LogP contribution in [0.1, 0.15) is 30.8 Å². The van der Waals surface area contributed by atoms with Crippen molar-refractivity contribution in [2.45, 2.75) is 34.1 Å². The van der Waals surface area contributed by atoms with Gasteiger partial charge in [0.2, 0.25) is 5.71 Å². The number of pyridine rings is 3. The molecule has 31 heavy (non-hydrogen) atoms. The highest BCUT2D eigenvalue weighted by Crippen LogP contribution is 2.35. The first-order chi connectivity index (χ1) is 15.0. The number of nitrogens with zero attached hydrogens (tertiary/aromatic N) is 3. The molecule has 0 fully saturated rings. The van der Waals surface area contributed by atoms with Crippen molar-refractivity contribution in [1.29, 1.82) is 0 Å². The van der Waals surface area contributed by atoms with Crippen LogP contribution in [0.15, 0.2) is 65.2 Å². The molecule has 4 aromatic heterocycles. The van der Waals surface area contributed by atoms with Crippen LogP contribution in [0, 0.1) is 19.8 Å². The van der Waals surface area contributed by atoms with E-state index in [1.54, 1.807) is 0 Å². The molecule has 5 aromatic rings. The molecule has 0 bridgehead atoms. The molecule has 4 heteroatoms. The van der Waals surface area contributed by atoms with Gasteiger partial charge in [-0.25, -0.2) is 4.98 Å². The van der Waals surface area contributed by atoms with Gasteiger partial charge in [-0.05, 0) is 74.2 Å². The first kappa shape index (κ1) is 19.4. The van der Waals surface area contributed by atoms with Gasteiger partial charge in [0.1, 0.15) is 5.58 Å². The van der Waals surface area contributed by atoms with E-state index >= 15 is 0 Å². The highest BCUT2D eigenvalue weighted by Gasteiger charge is 2.15. The van der Waals surface area contributed by atoms with Crippen LogP contribution in [0.2, 0.25) is 0 Å². The number of aryl methyl sites for hydroxylation is 2. The van der Waals surface area contributed by atoms with Gasteiger partial charge in [-0.2, -0.15) is 0 Å². The Balaban J connectivity index is 1.65. The lowest BCUT2D eigenvalue weighted by atomic mass is 10.0. The Kier molecular flexibility index (Phi) is 4.78. The Labute approximate surface area is 182 Å². The molecule has 0 saturated heterocycles. The van der Waals surface area contributed by atoms with E-state index in [0.717, 1.165) is 56.7 Å². The lowest BCUT2D eigenvalue weighted by Gasteiger charge is -2.07. The van der Waals surface area contributed by atoms with E-state index in [-0.39, 0.29) is 0 Å². The van der Waals surface area contributed by atoms with Crippen LogP contribution in [-0.4, -0.2) is 15.0 Å². The third-order valence-corrected chi connectivity index (χ3v) is 5.49. The van der Waals surface area contributed by atoms with Gasteiger partial charge in [-0.3, -0.25) is 9.97 Å². The fourth-order valence-electron chi connectivity index (χ4n) is 4.24. The normalized spacial score (nSPS) is 11.6. The molecule has 0 radical (unpaired) electrons. The molecule has 0 atom stereocenters. The smallest absolute Gasteiger partial charge is 0.227 e. The molecular weight excluding hydrogens is 382 g/mol. The number of hydrogen-bond acceptors (Lipinski definition) is 4. The third kappa shape index (κ3) is 3.70. The largest absolute Gasteiger partial charge is 0.437 e. The Morgan fingerprint density at radius 3 is 2.42 bits per heavy atom. The fourth-order valence-corrected chi connectivity index (χ4v) is 4.24. The number of benzene rings is 1. The lowest BCUT2D eigenvalue weighted by Crippen LogP contribution is -1.95.